The fraction of sp³-hybridized carbons (Fsp3) is 0.273. The van der Waals surface area contributed by atoms with E-state index in [0.29, 0.717) is 17.9 Å². The number of benzene rings is 1. The van der Waals surface area contributed by atoms with Gasteiger partial charge < -0.3 is 9.67 Å². The molecule has 1 N–H and O–H groups in total. The third-order valence-corrected chi connectivity index (χ3v) is 2.43. The van der Waals surface area contributed by atoms with Gasteiger partial charge in [-0.25, -0.2) is 9.37 Å². The lowest BCUT2D eigenvalue weighted by Gasteiger charge is -2.03. The highest BCUT2D eigenvalue weighted by molar-refractivity contribution is 5.78. The molecule has 0 aliphatic heterocycles. The average molecular weight is 222 g/mol. The van der Waals surface area contributed by atoms with Gasteiger partial charge in [-0.05, 0) is 19.1 Å². The molecular formula is C11H11FN2O2. The van der Waals surface area contributed by atoms with Crippen LogP contribution in [0.1, 0.15) is 12.7 Å². The van der Waals surface area contributed by atoms with Crippen molar-refractivity contribution in [2.24, 2.45) is 0 Å². The maximum atomic E-state index is 13.4. The number of aromatic nitrogens is 2. The van der Waals surface area contributed by atoms with Crippen LogP contribution in [0.2, 0.25) is 0 Å². The van der Waals surface area contributed by atoms with Crippen LogP contribution in [-0.4, -0.2) is 20.6 Å². The van der Waals surface area contributed by atoms with Crippen molar-refractivity contribution in [2.45, 2.75) is 19.9 Å². The molecule has 2 aromatic rings. The van der Waals surface area contributed by atoms with Crippen molar-refractivity contribution >= 4 is 17.0 Å². The summed E-state index contributed by atoms with van der Waals surface area (Å²) in [4.78, 5) is 14.7. The Kier molecular flexibility index (Phi) is 2.60. The van der Waals surface area contributed by atoms with Crippen LogP contribution >= 0.6 is 0 Å². The highest BCUT2D eigenvalue weighted by Crippen LogP contribution is 2.19. The normalized spacial score (nSPS) is 10.9. The van der Waals surface area contributed by atoms with Crippen molar-refractivity contribution in [3.63, 3.8) is 0 Å². The van der Waals surface area contributed by atoms with Crippen LogP contribution in [0.15, 0.2) is 18.2 Å². The van der Waals surface area contributed by atoms with Crippen LogP contribution in [0, 0.1) is 5.82 Å². The Labute approximate surface area is 91.3 Å². The summed E-state index contributed by atoms with van der Waals surface area (Å²) in [6.07, 6.45) is -0.193. The summed E-state index contributed by atoms with van der Waals surface area (Å²) in [5.74, 6) is -1.00. The van der Waals surface area contributed by atoms with E-state index in [2.05, 4.69) is 4.98 Å². The number of rotatable bonds is 3. The predicted molar refractivity (Wildman–Crippen MR) is 56.7 cm³/mol. The Morgan fingerprint density at radius 1 is 1.56 bits per heavy atom. The van der Waals surface area contributed by atoms with E-state index in [4.69, 9.17) is 5.11 Å². The zero-order chi connectivity index (χ0) is 11.7. The van der Waals surface area contributed by atoms with Gasteiger partial charge in [0, 0.05) is 6.54 Å². The maximum Gasteiger partial charge on any atom is 0.311 e. The number of carboxylic acids is 1. The number of hydrogen-bond donors (Lipinski definition) is 1. The minimum atomic E-state index is -0.967. The van der Waals surface area contributed by atoms with Gasteiger partial charge in [0.1, 0.15) is 17.8 Å². The van der Waals surface area contributed by atoms with E-state index in [9.17, 15) is 9.18 Å². The van der Waals surface area contributed by atoms with Crippen LogP contribution < -0.4 is 0 Å². The van der Waals surface area contributed by atoms with Gasteiger partial charge in [0.2, 0.25) is 0 Å². The SMILES string of the molecule is CCn1c(CC(=O)O)nc2c(F)cccc21. The Morgan fingerprint density at radius 2 is 2.31 bits per heavy atom. The number of aliphatic carboxylic acids is 1. The molecular weight excluding hydrogens is 211 g/mol. The van der Waals surface area contributed by atoms with Crippen LogP contribution in [0.25, 0.3) is 11.0 Å². The summed E-state index contributed by atoms with van der Waals surface area (Å²) in [6.45, 7) is 2.44. The number of fused-ring (bicyclic) bond motifs is 1. The number of carbonyl (C=O) groups is 1. The van der Waals surface area contributed by atoms with E-state index in [-0.39, 0.29) is 11.9 Å². The second kappa shape index (κ2) is 3.92. The van der Waals surface area contributed by atoms with Crippen LogP contribution in [0.5, 0.6) is 0 Å². The van der Waals surface area contributed by atoms with Gasteiger partial charge in [-0.2, -0.15) is 0 Å². The van der Waals surface area contributed by atoms with Gasteiger partial charge in [0.25, 0.3) is 0 Å². The molecule has 16 heavy (non-hydrogen) atoms. The quantitative estimate of drug-likeness (QED) is 0.861. The molecule has 0 radical (unpaired) electrons. The molecule has 0 unspecified atom stereocenters. The number of aryl methyl sites for hydroxylation is 1. The van der Waals surface area contributed by atoms with E-state index in [1.54, 1.807) is 16.7 Å². The summed E-state index contributed by atoms with van der Waals surface area (Å²) < 4.78 is 15.1. The van der Waals surface area contributed by atoms with Crippen molar-refractivity contribution in [1.82, 2.24) is 9.55 Å². The fourth-order valence-electron chi connectivity index (χ4n) is 1.78. The minimum absolute atomic E-state index is 0.193. The topological polar surface area (TPSA) is 55.1 Å². The van der Waals surface area contributed by atoms with Crippen molar-refractivity contribution < 1.29 is 14.3 Å². The molecule has 0 atom stereocenters. The molecule has 4 nitrogen and oxygen atoms in total. The van der Waals surface area contributed by atoms with Gasteiger partial charge in [-0.1, -0.05) is 6.07 Å². The maximum absolute atomic E-state index is 13.4. The van der Waals surface area contributed by atoms with Gasteiger partial charge in [-0.15, -0.1) is 0 Å². The van der Waals surface area contributed by atoms with Gasteiger partial charge >= 0.3 is 5.97 Å². The largest absolute Gasteiger partial charge is 0.481 e. The van der Waals surface area contributed by atoms with Crippen molar-refractivity contribution in [1.29, 1.82) is 0 Å². The number of halogens is 1. The first kappa shape index (κ1) is 10.6. The Bertz CT molecular complexity index is 548. The van der Waals surface area contributed by atoms with Crippen molar-refractivity contribution in [3.05, 3.63) is 29.8 Å². The number of para-hydroxylation sites is 1. The van der Waals surface area contributed by atoms with Crippen LogP contribution in [0.3, 0.4) is 0 Å². The number of hydrogen-bond acceptors (Lipinski definition) is 2. The Balaban J connectivity index is 2.66. The Hall–Kier alpha value is -1.91. The number of nitrogens with zero attached hydrogens (tertiary/aromatic N) is 2. The first-order valence-electron chi connectivity index (χ1n) is 4.99. The molecule has 0 saturated heterocycles. The van der Waals surface area contributed by atoms with Crippen LogP contribution in [-0.2, 0) is 17.8 Å². The fourth-order valence-corrected chi connectivity index (χ4v) is 1.78. The van der Waals surface area contributed by atoms with Gasteiger partial charge in [0.05, 0.1) is 5.52 Å². The Morgan fingerprint density at radius 3 is 2.94 bits per heavy atom. The van der Waals surface area contributed by atoms with Gasteiger partial charge in [0.15, 0.2) is 5.82 Å². The first-order valence-corrected chi connectivity index (χ1v) is 4.99. The summed E-state index contributed by atoms with van der Waals surface area (Å²) in [6, 6.07) is 4.65. The molecule has 0 amide bonds. The van der Waals surface area contributed by atoms with Crippen molar-refractivity contribution in [2.75, 3.05) is 0 Å². The standard InChI is InChI=1S/C11H11FN2O2/c1-2-14-8-5-3-4-7(12)11(8)13-9(14)6-10(15)16/h3-5H,2,6H2,1H3,(H,15,16). The molecule has 0 aliphatic carbocycles. The molecule has 0 aliphatic rings. The second-order valence-corrected chi connectivity index (χ2v) is 3.45. The van der Waals surface area contributed by atoms with Crippen molar-refractivity contribution in [3.8, 4) is 0 Å². The lowest BCUT2D eigenvalue weighted by molar-refractivity contribution is -0.136. The smallest absolute Gasteiger partial charge is 0.311 e. The molecule has 1 heterocycles. The molecule has 84 valence electrons. The molecule has 0 spiro atoms. The lowest BCUT2D eigenvalue weighted by Crippen LogP contribution is -2.08. The third kappa shape index (κ3) is 1.64. The highest BCUT2D eigenvalue weighted by Gasteiger charge is 2.14. The van der Waals surface area contributed by atoms with Crippen LogP contribution in [0.4, 0.5) is 4.39 Å². The second-order valence-electron chi connectivity index (χ2n) is 3.45. The zero-order valence-corrected chi connectivity index (χ0v) is 8.77. The number of carboxylic acid groups (broad SMARTS) is 1. The summed E-state index contributed by atoms with van der Waals surface area (Å²) >= 11 is 0. The lowest BCUT2D eigenvalue weighted by atomic mass is 10.3. The number of imidazole rings is 1. The molecule has 1 aromatic carbocycles. The first-order chi connectivity index (χ1) is 7.63. The minimum Gasteiger partial charge on any atom is -0.481 e. The third-order valence-electron chi connectivity index (χ3n) is 2.43. The van der Waals surface area contributed by atoms with E-state index in [1.807, 2.05) is 6.92 Å². The average Bonchev–Trinajstić information content (AvgIpc) is 2.56. The molecule has 0 fully saturated rings. The summed E-state index contributed by atoms with van der Waals surface area (Å²) in [5.41, 5.74) is 0.874. The molecule has 5 heteroatoms. The van der Waals surface area contributed by atoms with E-state index in [1.165, 1.54) is 6.07 Å². The zero-order valence-electron chi connectivity index (χ0n) is 8.77. The molecule has 0 bridgehead atoms. The van der Waals surface area contributed by atoms with E-state index in [0.717, 1.165) is 0 Å². The highest BCUT2D eigenvalue weighted by atomic mass is 19.1. The molecule has 2 rings (SSSR count). The molecule has 0 saturated carbocycles. The monoisotopic (exact) mass is 222 g/mol. The van der Waals surface area contributed by atoms with E-state index < -0.39 is 11.8 Å². The summed E-state index contributed by atoms with van der Waals surface area (Å²) in [5, 5.41) is 8.73. The molecule has 1 aromatic heterocycles. The summed E-state index contributed by atoms with van der Waals surface area (Å²) in [7, 11) is 0. The van der Waals surface area contributed by atoms with E-state index >= 15 is 0 Å². The van der Waals surface area contributed by atoms with Gasteiger partial charge in [-0.3, -0.25) is 4.79 Å². The predicted octanol–water partition coefficient (Wildman–Crippen LogP) is 1.82.